The molecule has 31 heavy (non-hydrogen) atoms. The van der Waals surface area contributed by atoms with Gasteiger partial charge in [0.2, 0.25) is 5.89 Å². The van der Waals surface area contributed by atoms with Crippen molar-refractivity contribution in [1.82, 2.24) is 4.98 Å². The van der Waals surface area contributed by atoms with Crippen LogP contribution in [0.5, 0.6) is 5.75 Å². The predicted molar refractivity (Wildman–Crippen MR) is 121 cm³/mol. The fourth-order valence-corrected chi connectivity index (χ4v) is 2.72. The SMILES string of the molecule is CCOC(=O)/C=C/c1ccccc1OC.COCCc1nc(-c2ccccc2)oc1C. The van der Waals surface area contributed by atoms with Gasteiger partial charge in [0.1, 0.15) is 11.5 Å². The maximum absolute atomic E-state index is 11.1. The molecular weight excluding hydrogens is 394 g/mol. The maximum atomic E-state index is 11.1. The summed E-state index contributed by atoms with van der Waals surface area (Å²) < 4.78 is 20.6. The van der Waals surface area contributed by atoms with Crippen LogP contribution < -0.4 is 4.74 Å². The number of hydrogen-bond acceptors (Lipinski definition) is 6. The second-order valence-electron chi connectivity index (χ2n) is 6.46. The van der Waals surface area contributed by atoms with E-state index in [4.69, 9.17) is 18.6 Å². The van der Waals surface area contributed by atoms with Crippen LogP contribution in [0.4, 0.5) is 0 Å². The van der Waals surface area contributed by atoms with E-state index in [-0.39, 0.29) is 5.97 Å². The Bertz CT molecular complexity index is 963. The van der Waals surface area contributed by atoms with Crippen LogP contribution in [0.15, 0.2) is 65.1 Å². The minimum atomic E-state index is -0.344. The van der Waals surface area contributed by atoms with Gasteiger partial charge in [0.15, 0.2) is 0 Å². The first kappa shape index (κ1) is 23.9. The molecule has 164 valence electrons. The molecule has 0 saturated heterocycles. The molecule has 0 atom stereocenters. The summed E-state index contributed by atoms with van der Waals surface area (Å²) in [5.74, 6) is 1.95. The van der Waals surface area contributed by atoms with Crippen LogP contribution in [0.25, 0.3) is 17.5 Å². The van der Waals surface area contributed by atoms with Gasteiger partial charge in [-0.25, -0.2) is 9.78 Å². The van der Waals surface area contributed by atoms with E-state index in [2.05, 4.69) is 4.98 Å². The van der Waals surface area contributed by atoms with Crippen LogP contribution in [0, 0.1) is 6.92 Å². The van der Waals surface area contributed by atoms with Crippen LogP contribution >= 0.6 is 0 Å². The Balaban J connectivity index is 0.000000221. The molecule has 0 saturated carbocycles. The summed E-state index contributed by atoms with van der Waals surface area (Å²) in [5.41, 5.74) is 2.84. The van der Waals surface area contributed by atoms with Crippen molar-refractivity contribution in [3.63, 3.8) is 0 Å². The van der Waals surface area contributed by atoms with E-state index in [1.165, 1.54) is 6.08 Å². The van der Waals surface area contributed by atoms with Crippen LogP contribution in [-0.4, -0.2) is 38.4 Å². The fourth-order valence-electron chi connectivity index (χ4n) is 2.72. The van der Waals surface area contributed by atoms with E-state index in [1.54, 1.807) is 27.2 Å². The number of esters is 1. The van der Waals surface area contributed by atoms with Gasteiger partial charge in [0, 0.05) is 30.7 Å². The molecule has 0 aliphatic rings. The molecule has 0 fully saturated rings. The summed E-state index contributed by atoms with van der Waals surface area (Å²) in [6.45, 7) is 4.76. The predicted octanol–water partition coefficient (Wildman–Crippen LogP) is 5.11. The lowest BCUT2D eigenvalue weighted by Crippen LogP contribution is -1.98. The third-order valence-corrected chi connectivity index (χ3v) is 4.28. The van der Waals surface area contributed by atoms with E-state index in [1.807, 2.05) is 61.5 Å². The number of benzene rings is 2. The molecule has 0 N–H and O–H groups in total. The third-order valence-electron chi connectivity index (χ3n) is 4.28. The highest BCUT2D eigenvalue weighted by atomic mass is 16.5. The minimum Gasteiger partial charge on any atom is -0.496 e. The second-order valence-corrected chi connectivity index (χ2v) is 6.46. The molecule has 0 aliphatic heterocycles. The van der Waals surface area contributed by atoms with E-state index >= 15 is 0 Å². The first-order chi connectivity index (χ1) is 15.1. The first-order valence-electron chi connectivity index (χ1n) is 10.1. The van der Waals surface area contributed by atoms with Gasteiger partial charge in [0.05, 0.1) is 26.0 Å². The van der Waals surface area contributed by atoms with Gasteiger partial charge < -0.3 is 18.6 Å². The Kier molecular flexibility index (Phi) is 10.0. The molecule has 0 bridgehead atoms. The summed E-state index contributed by atoms with van der Waals surface area (Å²) in [6, 6.07) is 17.4. The van der Waals surface area contributed by atoms with Crippen LogP contribution in [0.1, 0.15) is 23.9 Å². The van der Waals surface area contributed by atoms with Crippen molar-refractivity contribution in [2.45, 2.75) is 20.3 Å². The lowest BCUT2D eigenvalue weighted by Gasteiger charge is -2.03. The maximum Gasteiger partial charge on any atom is 0.330 e. The van der Waals surface area contributed by atoms with E-state index in [9.17, 15) is 4.79 Å². The largest absolute Gasteiger partial charge is 0.496 e. The molecular formula is C25H29NO5. The van der Waals surface area contributed by atoms with Gasteiger partial charge in [-0.05, 0) is 38.1 Å². The number of para-hydroxylation sites is 1. The molecule has 0 amide bonds. The molecule has 1 heterocycles. The summed E-state index contributed by atoms with van der Waals surface area (Å²) in [4.78, 5) is 15.5. The Morgan fingerprint density at radius 1 is 1.06 bits per heavy atom. The number of methoxy groups -OCH3 is 2. The Hall–Kier alpha value is -3.38. The second kappa shape index (κ2) is 13.0. The van der Waals surface area contributed by atoms with Gasteiger partial charge in [-0.2, -0.15) is 0 Å². The van der Waals surface area contributed by atoms with Crippen molar-refractivity contribution in [1.29, 1.82) is 0 Å². The Morgan fingerprint density at radius 2 is 1.77 bits per heavy atom. The highest BCUT2D eigenvalue weighted by Gasteiger charge is 2.10. The van der Waals surface area contributed by atoms with Gasteiger partial charge in [-0.15, -0.1) is 0 Å². The van der Waals surface area contributed by atoms with Gasteiger partial charge in [-0.1, -0.05) is 36.4 Å². The van der Waals surface area contributed by atoms with Gasteiger partial charge in [0.25, 0.3) is 0 Å². The normalized spacial score (nSPS) is 10.5. The molecule has 2 aromatic carbocycles. The first-order valence-corrected chi connectivity index (χ1v) is 10.1. The molecule has 6 heteroatoms. The van der Waals surface area contributed by atoms with E-state index < -0.39 is 0 Å². The standard InChI is InChI=1S/C13H15NO2.C12H14O3/c1-10-12(8-9-15-2)14-13(16-10)11-6-4-3-5-7-11;1-3-15-12(13)9-8-10-6-4-5-7-11(10)14-2/h3-7H,8-9H2,1-2H3;4-9H,3H2,1-2H3/b;9-8+. The zero-order chi connectivity index (χ0) is 22.5. The summed E-state index contributed by atoms with van der Waals surface area (Å²) in [7, 11) is 3.28. The molecule has 3 rings (SSSR count). The van der Waals surface area contributed by atoms with Crippen LogP contribution in [0.3, 0.4) is 0 Å². The number of nitrogens with zero attached hydrogens (tertiary/aromatic N) is 1. The number of carbonyl (C=O) groups is 1. The van der Waals surface area contributed by atoms with Gasteiger partial charge in [-0.3, -0.25) is 0 Å². The number of carbonyl (C=O) groups excluding carboxylic acids is 1. The zero-order valence-corrected chi connectivity index (χ0v) is 18.5. The summed E-state index contributed by atoms with van der Waals surface area (Å²) in [6.07, 6.45) is 3.86. The van der Waals surface area contributed by atoms with Crippen molar-refractivity contribution in [3.05, 3.63) is 77.7 Å². The average molecular weight is 424 g/mol. The lowest BCUT2D eigenvalue weighted by molar-refractivity contribution is -0.137. The number of oxazole rings is 1. The molecule has 3 aromatic rings. The molecule has 0 spiro atoms. The Labute approximate surface area is 183 Å². The van der Waals surface area contributed by atoms with Gasteiger partial charge >= 0.3 is 5.97 Å². The number of aromatic nitrogens is 1. The number of aryl methyl sites for hydroxylation is 1. The molecule has 0 aliphatic carbocycles. The van der Waals surface area contributed by atoms with Crippen molar-refractivity contribution >= 4 is 12.0 Å². The highest BCUT2D eigenvalue weighted by molar-refractivity contribution is 5.87. The van der Waals surface area contributed by atoms with Crippen molar-refractivity contribution in [2.24, 2.45) is 0 Å². The highest BCUT2D eigenvalue weighted by Crippen LogP contribution is 2.21. The third kappa shape index (κ3) is 7.75. The van der Waals surface area contributed by atoms with Crippen molar-refractivity contribution < 1.29 is 23.4 Å². The molecule has 0 radical (unpaired) electrons. The fraction of sp³-hybridized carbons (Fsp3) is 0.280. The quantitative estimate of drug-likeness (QED) is 0.370. The topological polar surface area (TPSA) is 70.8 Å². The van der Waals surface area contributed by atoms with E-state index in [0.29, 0.717) is 19.1 Å². The molecule has 1 aromatic heterocycles. The molecule has 6 nitrogen and oxygen atoms in total. The molecule has 0 unspecified atom stereocenters. The van der Waals surface area contributed by atoms with Crippen molar-refractivity contribution in [3.8, 4) is 17.2 Å². The average Bonchev–Trinajstić information content (AvgIpc) is 3.18. The lowest BCUT2D eigenvalue weighted by atomic mass is 10.2. The summed E-state index contributed by atoms with van der Waals surface area (Å²) >= 11 is 0. The number of hydrogen-bond donors (Lipinski definition) is 0. The van der Waals surface area contributed by atoms with Crippen molar-refractivity contribution in [2.75, 3.05) is 27.4 Å². The van der Waals surface area contributed by atoms with Crippen LogP contribution in [0.2, 0.25) is 0 Å². The number of rotatable bonds is 8. The monoisotopic (exact) mass is 423 g/mol. The Morgan fingerprint density at radius 3 is 2.45 bits per heavy atom. The smallest absolute Gasteiger partial charge is 0.330 e. The number of ether oxygens (including phenoxy) is 3. The summed E-state index contributed by atoms with van der Waals surface area (Å²) in [5, 5.41) is 0. The van der Waals surface area contributed by atoms with Crippen LogP contribution in [-0.2, 0) is 20.7 Å². The minimum absolute atomic E-state index is 0.344. The van der Waals surface area contributed by atoms with E-state index in [0.717, 1.165) is 34.8 Å². The zero-order valence-electron chi connectivity index (χ0n) is 18.5.